The summed E-state index contributed by atoms with van der Waals surface area (Å²) < 4.78 is 95.2. The second kappa shape index (κ2) is 11.6. The van der Waals surface area contributed by atoms with Crippen LogP contribution >= 0.6 is 0 Å². The molecule has 1 fully saturated rings. The maximum atomic E-state index is 13.2. The summed E-state index contributed by atoms with van der Waals surface area (Å²) in [4.78, 5) is 12.2. The Morgan fingerprint density at radius 2 is 1.53 bits per heavy atom. The molecule has 1 N–H and O–H groups in total. The van der Waals surface area contributed by atoms with Crippen LogP contribution in [0.5, 0.6) is 0 Å². The van der Waals surface area contributed by atoms with Crippen molar-refractivity contribution in [2.45, 2.75) is 36.7 Å². The SMILES string of the molecule is COC(=O)C(OCCOCC1(c2ccccc2)CCNCC1)c1cc(C(F)(F)F)cc(C(F)(F)F)c1. The first-order chi connectivity index (χ1) is 17.0. The zero-order valence-electron chi connectivity index (χ0n) is 19.5. The quantitative estimate of drug-likeness (QED) is 0.277. The van der Waals surface area contributed by atoms with Crippen molar-refractivity contribution >= 4 is 5.97 Å². The van der Waals surface area contributed by atoms with Gasteiger partial charge in [0, 0.05) is 5.41 Å². The Morgan fingerprint density at radius 1 is 0.944 bits per heavy atom. The highest BCUT2D eigenvalue weighted by Gasteiger charge is 2.39. The highest BCUT2D eigenvalue weighted by molar-refractivity contribution is 5.76. The average molecular weight is 519 g/mol. The van der Waals surface area contributed by atoms with E-state index in [-0.39, 0.29) is 24.7 Å². The Bertz CT molecular complexity index is 972. The molecule has 0 saturated carbocycles. The van der Waals surface area contributed by atoms with Gasteiger partial charge in [0.1, 0.15) is 0 Å². The first-order valence-electron chi connectivity index (χ1n) is 11.3. The van der Waals surface area contributed by atoms with Crippen LogP contribution in [-0.4, -0.2) is 46.0 Å². The van der Waals surface area contributed by atoms with Gasteiger partial charge >= 0.3 is 18.3 Å². The summed E-state index contributed by atoms with van der Waals surface area (Å²) in [5.41, 5.74) is -2.82. The summed E-state index contributed by atoms with van der Waals surface area (Å²) in [5, 5.41) is 3.30. The third-order valence-electron chi connectivity index (χ3n) is 6.17. The molecule has 0 bridgehead atoms. The summed E-state index contributed by atoms with van der Waals surface area (Å²) in [6, 6.07) is 10.7. The zero-order chi connectivity index (χ0) is 26.4. The van der Waals surface area contributed by atoms with Crippen LogP contribution in [-0.2, 0) is 36.8 Å². The fraction of sp³-hybridized carbons (Fsp3) is 0.480. The Labute approximate surface area is 204 Å². The Hall–Kier alpha value is -2.63. The largest absolute Gasteiger partial charge is 0.467 e. The maximum Gasteiger partial charge on any atom is 0.416 e. The zero-order valence-corrected chi connectivity index (χ0v) is 19.5. The number of rotatable bonds is 9. The third-order valence-corrected chi connectivity index (χ3v) is 6.17. The predicted molar refractivity (Wildman–Crippen MR) is 118 cm³/mol. The lowest BCUT2D eigenvalue weighted by molar-refractivity contribution is -0.156. The van der Waals surface area contributed by atoms with Crippen molar-refractivity contribution in [3.63, 3.8) is 0 Å². The van der Waals surface area contributed by atoms with Crippen molar-refractivity contribution in [3.8, 4) is 0 Å². The first kappa shape index (κ1) is 27.9. The molecule has 1 aliphatic rings. The predicted octanol–water partition coefficient (Wildman–Crippen LogP) is 5.29. The van der Waals surface area contributed by atoms with Crippen LogP contribution < -0.4 is 5.32 Å². The van der Waals surface area contributed by atoms with Crippen molar-refractivity contribution in [3.05, 3.63) is 70.8 Å². The number of carbonyl (C=O) groups is 1. The van der Waals surface area contributed by atoms with Crippen LogP contribution in [0, 0.1) is 0 Å². The van der Waals surface area contributed by atoms with Crippen molar-refractivity contribution in [2.75, 3.05) is 40.0 Å². The van der Waals surface area contributed by atoms with Crippen molar-refractivity contribution in [1.29, 1.82) is 0 Å². The fourth-order valence-electron chi connectivity index (χ4n) is 4.24. The molecule has 3 rings (SSSR count). The van der Waals surface area contributed by atoms with Gasteiger partial charge in [-0.15, -0.1) is 0 Å². The summed E-state index contributed by atoms with van der Waals surface area (Å²) in [7, 11) is 0.966. The van der Waals surface area contributed by atoms with E-state index >= 15 is 0 Å². The lowest BCUT2D eigenvalue weighted by Gasteiger charge is -2.38. The second-order valence-electron chi connectivity index (χ2n) is 8.56. The molecule has 0 spiro atoms. The second-order valence-corrected chi connectivity index (χ2v) is 8.56. The van der Waals surface area contributed by atoms with Crippen LogP contribution in [0.1, 0.15) is 41.2 Å². The number of carbonyl (C=O) groups excluding carboxylic acids is 1. The minimum atomic E-state index is -5.06. The van der Waals surface area contributed by atoms with Gasteiger partial charge in [0.05, 0.1) is 38.1 Å². The Morgan fingerprint density at radius 3 is 2.06 bits per heavy atom. The molecule has 0 aliphatic carbocycles. The number of methoxy groups -OCH3 is 1. The fourth-order valence-corrected chi connectivity index (χ4v) is 4.24. The van der Waals surface area contributed by atoms with Crippen LogP contribution in [0.2, 0.25) is 0 Å². The number of alkyl halides is 6. The molecule has 198 valence electrons. The average Bonchev–Trinajstić information content (AvgIpc) is 2.85. The van der Waals surface area contributed by atoms with Crippen LogP contribution in [0.25, 0.3) is 0 Å². The van der Waals surface area contributed by atoms with E-state index < -0.39 is 41.1 Å². The van der Waals surface area contributed by atoms with Crippen LogP contribution in [0.15, 0.2) is 48.5 Å². The van der Waals surface area contributed by atoms with Gasteiger partial charge < -0.3 is 19.5 Å². The molecule has 0 amide bonds. The van der Waals surface area contributed by atoms with Gasteiger partial charge in [0.25, 0.3) is 0 Å². The molecule has 2 aromatic carbocycles. The van der Waals surface area contributed by atoms with Crippen molar-refractivity contribution < 1.29 is 45.3 Å². The van der Waals surface area contributed by atoms with E-state index in [4.69, 9.17) is 9.47 Å². The molecule has 1 atom stereocenters. The van der Waals surface area contributed by atoms with Crippen LogP contribution in [0.3, 0.4) is 0 Å². The van der Waals surface area contributed by atoms with E-state index in [0.717, 1.165) is 38.6 Å². The van der Waals surface area contributed by atoms with Gasteiger partial charge in [-0.3, -0.25) is 0 Å². The summed E-state index contributed by atoms with van der Waals surface area (Å²) >= 11 is 0. The summed E-state index contributed by atoms with van der Waals surface area (Å²) in [6.07, 6.45) is -10.2. The van der Waals surface area contributed by atoms with E-state index in [0.29, 0.717) is 18.7 Å². The number of piperidine rings is 1. The number of esters is 1. The summed E-state index contributed by atoms with van der Waals surface area (Å²) in [6.45, 7) is 1.67. The highest BCUT2D eigenvalue weighted by atomic mass is 19.4. The minimum Gasteiger partial charge on any atom is -0.467 e. The molecular weight excluding hydrogens is 492 g/mol. The van der Waals surface area contributed by atoms with E-state index in [2.05, 4.69) is 10.1 Å². The number of hydrogen-bond donors (Lipinski definition) is 1. The molecule has 1 unspecified atom stereocenters. The van der Waals surface area contributed by atoms with Crippen molar-refractivity contribution in [1.82, 2.24) is 5.32 Å². The first-order valence-corrected chi connectivity index (χ1v) is 11.3. The molecular formula is C25H27F6NO4. The number of benzene rings is 2. The molecule has 2 aromatic rings. The molecule has 36 heavy (non-hydrogen) atoms. The van der Waals surface area contributed by atoms with E-state index in [1.165, 1.54) is 0 Å². The molecule has 5 nitrogen and oxygen atoms in total. The van der Waals surface area contributed by atoms with Gasteiger partial charge in [0.15, 0.2) is 6.10 Å². The normalized spacial score (nSPS) is 17.0. The van der Waals surface area contributed by atoms with Crippen molar-refractivity contribution in [2.24, 2.45) is 0 Å². The molecule has 1 saturated heterocycles. The molecule has 1 aliphatic heterocycles. The number of halogens is 6. The number of hydrogen-bond acceptors (Lipinski definition) is 5. The van der Waals surface area contributed by atoms with Gasteiger partial charge in [-0.2, -0.15) is 26.3 Å². The lowest BCUT2D eigenvalue weighted by atomic mass is 9.74. The monoisotopic (exact) mass is 519 g/mol. The molecule has 0 aromatic heterocycles. The Balaban J connectivity index is 1.71. The minimum absolute atomic E-state index is 0.0109. The maximum absolute atomic E-state index is 13.2. The lowest BCUT2D eigenvalue weighted by Crippen LogP contribution is -2.43. The molecule has 0 radical (unpaired) electrons. The highest BCUT2D eigenvalue weighted by Crippen LogP contribution is 2.38. The van der Waals surface area contributed by atoms with E-state index in [1.54, 1.807) is 0 Å². The van der Waals surface area contributed by atoms with Gasteiger partial charge in [0.2, 0.25) is 0 Å². The Kier molecular flexibility index (Phi) is 9.02. The smallest absolute Gasteiger partial charge is 0.416 e. The summed E-state index contributed by atoms with van der Waals surface area (Å²) in [5.74, 6) is -1.12. The molecule has 1 heterocycles. The number of nitrogens with one attached hydrogen (secondary N) is 1. The van der Waals surface area contributed by atoms with Gasteiger partial charge in [-0.05, 0) is 55.3 Å². The number of ether oxygens (including phenoxy) is 3. The molecule has 11 heteroatoms. The van der Waals surface area contributed by atoms with E-state index in [9.17, 15) is 31.1 Å². The van der Waals surface area contributed by atoms with E-state index in [1.807, 2.05) is 30.3 Å². The van der Waals surface area contributed by atoms with Gasteiger partial charge in [-0.1, -0.05) is 30.3 Å². The van der Waals surface area contributed by atoms with Crippen LogP contribution in [0.4, 0.5) is 26.3 Å². The van der Waals surface area contributed by atoms with Gasteiger partial charge in [-0.25, -0.2) is 4.79 Å². The topological polar surface area (TPSA) is 56.8 Å². The standard InChI is InChI=1S/C25H27F6NO4/c1-34-22(33)21(17-13-19(24(26,27)28)15-20(14-17)25(29,30)31)36-12-11-35-16-23(7-9-32-10-8-23)18-5-3-2-4-6-18/h2-6,13-15,21,32H,7-12,16H2,1H3. The third kappa shape index (κ3) is 6.98.